The zero-order valence-electron chi connectivity index (χ0n) is 19.7. The van der Waals surface area contributed by atoms with Crippen LogP contribution in [0.15, 0.2) is 30.3 Å². The lowest BCUT2D eigenvalue weighted by Gasteiger charge is -2.39. The highest BCUT2D eigenvalue weighted by molar-refractivity contribution is 5.89. The van der Waals surface area contributed by atoms with Crippen molar-refractivity contribution in [1.29, 1.82) is 0 Å². The minimum Gasteiger partial charge on any atom is -0.379 e. The van der Waals surface area contributed by atoms with Crippen LogP contribution in [0.5, 0.6) is 0 Å². The number of alkyl halides is 3. The van der Waals surface area contributed by atoms with Gasteiger partial charge in [0, 0.05) is 38.6 Å². The molecule has 0 aliphatic carbocycles. The van der Waals surface area contributed by atoms with Gasteiger partial charge in [0.15, 0.2) is 0 Å². The molecule has 0 unspecified atom stereocenters. The molecule has 0 bridgehead atoms. The van der Waals surface area contributed by atoms with Crippen molar-refractivity contribution in [2.24, 2.45) is 5.92 Å². The lowest BCUT2D eigenvalue weighted by atomic mass is 9.94. The van der Waals surface area contributed by atoms with E-state index >= 15 is 0 Å². The molecule has 4 atom stereocenters. The van der Waals surface area contributed by atoms with Crippen LogP contribution in [0.2, 0.25) is 0 Å². The lowest BCUT2D eigenvalue weighted by Crippen LogP contribution is -2.58. The van der Waals surface area contributed by atoms with Gasteiger partial charge in [-0.2, -0.15) is 13.2 Å². The van der Waals surface area contributed by atoms with Gasteiger partial charge in [-0.25, -0.2) is 5.06 Å². The molecule has 1 aromatic rings. The van der Waals surface area contributed by atoms with E-state index in [1.165, 1.54) is 7.11 Å². The highest BCUT2D eigenvalue weighted by Gasteiger charge is 2.48. The molecule has 0 spiro atoms. The lowest BCUT2D eigenvalue weighted by molar-refractivity contribution is -0.208. The average molecular weight is 486 g/mol. The van der Waals surface area contributed by atoms with Crippen molar-refractivity contribution in [1.82, 2.24) is 15.3 Å². The minimum absolute atomic E-state index is 0.0171. The Bertz CT molecular complexity index is 796. The van der Waals surface area contributed by atoms with Crippen LogP contribution in [0, 0.1) is 5.92 Å². The van der Waals surface area contributed by atoms with Gasteiger partial charge in [0.25, 0.3) is 5.91 Å². The number of halogens is 3. The summed E-state index contributed by atoms with van der Waals surface area (Å²) < 4.78 is 46.9. The van der Waals surface area contributed by atoms with Gasteiger partial charge in [0.1, 0.15) is 6.04 Å². The zero-order chi connectivity index (χ0) is 24.7. The Morgan fingerprint density at radius 3 is 2.53 bits per heavy atom. The van der Waals surface area contributed by atoms with Crippen molar-refractivity contribution in [3.8, 4) is 0 Å². The van der Waals surface area contributed by atoms with Crippen LogP contribution in [0.25, 0.3) is 0 Å². The van der Waals surface area contributed by atoms with Crippen LogP contribution in [0.4, 0.5) is 13.2 Å². The largest absolute Gasteiger partial charge is 0.471 e. The molecule has 0 radical (unpaired) electrons. The number of nitrogens with zero attached hydrogens (tertiary/aromatic N) is 2. The summed E-state index contributed by atoms with van der Waals surface area (Å²) in [7, 11) is 1.52. The van der Waals surface area contributed by atoms with Gasteiger partial charge in [0.2, 0.25) is 0 Å². The third-order valence-corrected chi connectivity index (χ3v) is 6.50. The molecule has 2 aliphatic rings. The van der Waals surface area contributed by atoms with Crippen molar-refractivity contribution in [3.63, 3.8) is 0 Å². The van der Waals surface area contributed by atoms with Crippen molar-refractivity contribution < 1.29 is 32.3 Å². The van der Waals surface area contributed by atoms with Crippen LogP contribution in [-0.2, 0) is 25.6 Å². The number of hydrogen-bond acceptors (Lipinski definition) is 5. The maximum Gasteiger partial charge on any atom is 0.471 e. The van der Waals surface area contributed by atoms with Gasteiger partial charge in [-0.1, -0.05) is 37.3 Å². The van der Waals surface area contributed by atoms with E-state index in [4.69, 9.17) is 9.57 Å². The second kappa shape index (κ2) is 12.0. The van der Waals surface area contributed by atoms with Gasteiger partial charge in [-0.15, -0.1) is 0 Å². The Balaban J connectivity index is 1.92. The number of hydrogen-bond donors (Lipinski definition) is 1. The van der Waals surface area contributed by atoms with Gasteiger partial charge < -0.3 is 15.0 Å². The van der Waals surface area contributed by atoms with Gasteiger partial charge in [0.05, 0.1) is 12.7 Å². The van der Waals surface area contributed by atoms with Gasteiger partial charge in [-0.05, 0) is 37.8 Å². The minimum atomic E-state index is -5.12. The third-order valence-electron chi connectivity index (χ3n) is 6.50. The number of amides is 2. The van der Waals surface area contributed by atoms with E-state index in [-0.39, 0.29) is 25.6 Å². The summed E-state index contributed by atoms with van der Waals surface area (Å²) in [4.78, 5) is 32.3. The monoisotopic (exact) mass is 485 g/mol. The van der Waals surface area contributed by atoms with Crippen LogP contribution in [0.1, 0.15) is 38.2 Å². The molecule has 0 aromatic heterocycles. The fraction of sp³-hybridized carbons (Fsp3) is 0.667. The first kappa shape index (κ1) is 26.4. The smallest absolute Gasteiger partial charge is 0.379 e. The van der Waals surface area contributed by atoms with Crippen molar-refractivity contribution in [2.75, 3.05) is 33.4 Å². The first-order chi connectivity index (χ1) is 16.2. The fourth-order valence-electron chi connectivity index (χ4n) is 4.82. The number of carbonyl (C=O) groups excluding carboxylic acids is 2. The zero-order valence-corrected chi connectivity index (χ0v) is 19.7. The molecule has 1 N–H and O–H groups in total. The molecular formula is C24H34F3N3O4. The third kappa shape index (κ3) is 6.70. The van der Waals surface area contributed by atoms with E-state index in [0.717, 1.165) is 30.9 Å². The predicted molar refractivity (Wildman–Crippen MR) is 120 cm³/mol. The number of methoxy groups -OCH3 is 1. The molecule has 3 rings (SSSR count). The van der Waals surface area contributed by atoms with E-state index in [2.05, 4.69) is 5.32 Å². The molecule has 2 saturated heterocycles. The Morgan fingerprint density at radius 1 is 1.24 bits per heavy atom. The van der Waals surface area contributed by atoms with Crippen molar-refractivity contribution >= 4 is 11.8 Å². The molecule has 2 amide bonds. The predicted octanol–water partition coefficient (Wildman–Crippen LogP) is 2.95. The van der Waals surface area contributed by atoms with Crippen molar-refractivity contribution in [3.05, 3.63) is 35.9 Å². The summed E-state index contributed by atoms with van der Waals surface area (Å²) in [6, 6.07) is 7.38. The molecule has 0 saturated carbocycles. The molecule has 2 heterocycles. The molecule has 1 aromatic carbocycles. The average Bonchev–Trinajstić information content (AvgIpc) is 3.36. The molecule has 34 heavy (non-hydrogen) atoms. The number of carbonyl (C=O) groups is 2. The van der Waals surface area contributed by atoms with Crippen LogP contribution < -0.4 is 5.32 Å². The number of ether oxygens (including phenoxy) is 1. The highest BCUT2D eigenvalue weighted by atomic mass is 19.4. The molecule has 2 aliphatic heterocycles. The van der Waals surface area contributed by atoms with E-state index in [0.29, 0.717) is 23.5 Å². The Hall–Kier alpha value is -2.17. The Kier molecular flexibility index (Phi) is 9.32. The summed E-state index contributed by atoms with van der Waals surface area (Å²) in [5.74, 6) is -3.11. The first-order valence-electron chi connectivity index (χ1n) is 11.8. The van der Waals surface area contributed by atoms with E-state index < -0.39 is 36.1 Å². The second-order valence-electron chi connectivity index (χ2n) is 9.02. The normalized spacial score (nSPS) is 21.7. The number of hydroxylamine groups is 2. The molecule has 7 nitrogen and oxygen atoms in total. The topological polar surface area (TPSA) is 71.1 Å². The quantitative estimate of drug-likeness (QED) is 0.583. The van der Waals surface area contributed by atoms with Crippen LogP contribution >= 0.6 is 0 Å². The molecule has 2 fully saturated rings. The van der Waals surface area contributed by atoms with Crippen LogP contribution in [0.3, 0.4) is 0 Å². The number of nitrogens with one attached hydrogen (secondary N) is 1. The highest BCUT2D eigenvalue weighted by Crippen LogP contribution is 2.27. The SMILES string of the molecule is CO[C@H]([C@H](C)CN(C(=O)C(F)(F)F)[C@@H](Cc1ccccc1)C(=O)N1CCCCO1)[C@@H]1CCCN1. The molecule has 190 valence electrons. The fourth-order valence-corrected chi connectivity index (χ4v) is 4.82. The Labute approximate surface area is 198 Å². The summed E-state index contributed by atoms with van der Waals surface area (Å²) >= 11 is 0. The van der Waals surface area contributed by atoms with E-state index in [1.54, 1.807) is 37.3 Å². The van der Waals surface area contributed by atoms with E-state index in [9.17, 15) is 22.8 Å². The first-order valence-corrected chi connectivity index (χ1v) is 11.8. The maximum atomic E-state index is 13.7. The summed E-state index contributed by atoms with van der Waals surface area (Å²) in [5, 5.41) is 4.43. The summed E-state index contributed by atoms with van der Waals surface area (Å²) in [6.07, 6.45) is -2.33. The summed E-state index contributed by atoms with van der Waals surface area (Å²) in [5.41, 5.74) is 0.659. The maximum absolute atomic E-state index is 13.7. The molecular weight excluding hydrogens is 451 g/mol. The van der Waals surface area contributed by atoms with Gasteiger partial charge >= 0.3 is 12.1 Å². The second-order valence-corrected chi connectivity index (χ2v) is 9.02. The van der Waals surface area contributed by atoms with Gasteiger partial charge in [-0.3, -0.25) is 14.4 Å². The van der Waals surface area contributed by atoms with Crippen LogP contribution in [-0.4, -0.2) is 79.5 Å². The molecule has 10 heteroatoms. The number of rotatable bonds is 9. The van der Waals surface area contributed by atoms with Crippen molar-refractivity contribution in [2.45, 2.75) is 63.4 Å². The summed E-state index contributed by atoms with van der Waals surface area (Å²) in [6.45, 7) is 2.88. The van der Waals surface area contributed by atoms with E-state index in [1.807, 2.05) is 0 Å². The Morgan fingerprint density at radius 2 is 1.97 bits per heavy atom. The number of benzene rings is 1. The standard InChI is InChI=1S/C24H34F3N3O4/c1-17(21(33-2)19-11-8-12-28-19)16-29(23(32)24(25,26)27)20(15-18-9-4-3-5-10-18)22(31)30-13-6-7-14-34-30/h3-5,9-10,17,19-21,28H,6-8,11-16H2,1-2H3/t17-,19+,20+,21-/m1/s1.